The number of aromatic nitrogens is 1. The van der Waals surface area contributed by atoms with Gasteiger partial charge in [0, 0.05) is 23.8 Å². The maximum Gasteiger partial charge on any atom is 0.326 e. The lowest BCUT2D eigenvalue weighted by Gasteiger charge is -2.21. The summed E-state index contributed by atoms with van der Waals surface area (Å²) in [7, 11) is 0. The van der Waals surface area contributed by atoms with Crippen LogP contribution in [-0.2, 0) is 9.59 Å². The van der Waals surface area contributed by atoms with Crippen LogP contribution in [0.4, 0.5) is 0 Å². The highest BCUT2D eigenvalue weighted by atomic mass is 32.2. The lowest BCUT2D eigenvalue weighted by atomic mass is 10.2. The van der Waals surface area contributed by atoms with E-state index < -0.39 is 12.0 Å². The van der Waals surface area contributed by atoms with Gasteiger partial charge < -0.3 is 10.0 Å². The minimum absolute atomic E-state index is 0.110. The Morgan fingerprint density at radius 2 is 2.17 bits per heavy atom. The molecule has 1 fully saturated rings. The van der Waals surface area contributed by atoms with Gasteiger partial charge in [-0.3, -0.25) is 9.78 Å². The van der Waals surface area contributed by atoms with Gasteiger partial charge in [0.25, 0.3) is 0 Å². The predicted molar refractivity (Wildman–Crippen MR) is 67.3 cm³/mol. The fraction of sp³-hybridized carbons (Fsp3) is 0.417. The molecular formula is C12H14N2O3S. The van der Waals surface area contributed by atoms with E-state index in [0.29, 0.717) is 13.0 Å². The number of carboxylic acid groups (broad SMARTS) is 1. The molecule has 2 heterocycles. The number of pyridine rings is 1. The molecule has 0 saturated carbocycles. The zero-order valence-electron chi connectivity index (χ0n) is 9.78. The van der Waals surface area contributed by atoms with Gasteiger partial charge >= 0.3 is 5.97 Å². The number of hydrogen-bond acceptors (Lipinski definition) is 4. The number of hydrogen-bond donors (Lipinski definition) is 1. The molecule has 1 aliphatic rings. The second-order valence-electron chi connectivity index (χ2n) is 4.05. The first kappa shape index (κ1) is 12.9. The third-order valence-electron chi connectivity index (χ3n) is 2.87. The van der Waals surface area contributed by atoms with E-state index in [9.17, 15) is 9.59 Å². The van der Waals surface area contributed by atoms with E-state index in [2.05, 4.69) is 4.98 Å². The van der Waals surface area contributed by atoms with Crippen molar-refractivity contribution in [2.24, 2.45) is 0 Å². The van der Waals surface area contributed by atoms with Crippen molar-refractivity contribution in [3.05, 3.63) is 24.5 Å². The summed E-state index contributed by atoms with van der Waals surface area (Å²) in [5.74, 6) is -0.746. The van der Waals surface area contributed by atoms with Gasteiger partial charge in [0.1, 0.15) is 6.04 Å². The van der Waals surface area contributed by atoms with Gasteiger partial charge in [-0.25, -0.2) is 4.79 Å². The van der Waals surface area contributed by atoms with Crippen LogP contribution in [0.2, 0.25) is 0 Å². The molecule has 0 aliphatic carbocycles. The largest absolute Gasteiger partial charge is 0.480 e. The molecule has 1 aromatic heterocycles. The van der Waals surface area contributed by atoms with Crippen LogP contribution in [0.25, 0.3) is 0 Å². The summed E-state index contributed by atoms with van der Waals surface area (Å²) < 4.78 is 0. The highest BCUT2D eigenvalue weighted by Crippen LogP contribution is 2.21. The Balaban J connectivity index is 1.90. The van der Waals surface area contributed by atoms with E-state index in [4.69, 9.17) is 5.11 Å². The number of carboxylic acids is 1. The average Bonchev–Trinajstić information content (AvgIpc) is 2.86. The number of rotatable bonds is 4. The molecule has 0 spiro atoms. The molecule has 2 rings (SSSR count). The Kier molecular flexibility index (Phi) is 4.19. The summed E-state index contributed by atoms with van der Waals surface area (Å²) in [5, 5.41) is 9.01. The van der Waals surface area contributed by atoms with Gasteiger partial charge in [0.15, 0.2) is 0 Å². The third kappa shape index (κ3) is 3.01. The summed E-state index contributed by atoms with van der Waals surface area (Å²) in [5.41, 5.74) is 0. The molecule has 1 amide bonds. The highest BCUT2D eigenvalue weighted by Gasteiger charge is 2.33. The highest BCUT2D eigenvalue weighted by molar-refractivity contribution is 8.00. The van der Waals surface area contributed by atoms with Crippen molar-refractivity contribution in [1.82, 2.24) is 9.88 Å². The normalized spacial score (nSPS) is 18.9. The van der Waals surface area contributed by atoms with Crippen LogP contribution < -0.4 is 0 Å². The van der Waals surface area contributed by atoms with Gasteiger partial charge in [0.05, 0.1) is 5.75 Å². The molecule has 1 unspecified atom stereocenters. The molecule has 1 atom stereocenters. The van der Waals surface area contributed by atoms with Crippen molar-refractivity contribution in [3.8, 4) is 0 Å². The molecule has 1 aromatic rings. The molecule has 6 heteroatoms. The first-order chi connectivity index (χ1) is 8.68. The van der Waals surface area contributed by atoms with Gasteiger partial charge in [-0.15, -0.1) is 11.8 Å². The monoisotopic (exact) mass is 266 g/mol. The molecule has 18 heavy (non-hydrogen) atoms. The number of likely N-dealkylation sites (tertiary alicyclic amines) is 1. The molecule has 0 radical (unpaired) electrons. The van der Waals surface area contributed by atoms with Crippen LogP contribution in [-0.4, -0.2) is 45.2 Å². The second kappa shape index (κ2) is 5.86. The minimum atomic E-state index is -0.908. The van der Waals surface area contributed by atoms with Crippen molar-refractivity contribution in [2.45, 2.75) is 23.8 Å². The maximum absolute atomic E-state index is 12.0. The van der Waals surface area contributed by atoms with Gasteiger partial charge in [-0.05, 0) is 25.0 Å². The van der Waals surface area contributed by atoms with Crippen molar-refractivity contribution >= 4 is 23.6 Å². The summed E-state index contributed by atoms with van der Waals surface area (Å²) in [4.78, 5) is 29.3. The topological polar surface area (TPSA) is 70.5 Å². The van der Waals surface area contributed by atoms with E-state index in [0.717, 1.165) is 11.3 Å². The standard InChI is InChI=1S/C12H14N2O3S/c15-11(8-18-9-3-5-13-6-4-9)14-7-1-2-10(14)12(16)17/h3-6,10H,1-2,7-8H2,(H,16,17). The molecule has 96 valence electrons. The smallest absolute Gasteiger partial charge is 0.326 e. The molecule has 1 saturated heterocycles. The quantitative estimate of drug-likeness (QED) is 0.830. The number of thioether (sulfide) groups is 1. The third-order valence-corrected chi connectivity index (χ3v) is 3.87. The zero-order valence-corrected chi connectivity index (χ0v) is 10.6. The van der Waals surface area contributed by atoms with Crippen LogP contribution in [0, 0.1) is 0 Å². The van der Waals surface area contributed by atoms with Gasteiger partial charge in [-0.1, -0.05) is 0 Å². The van der Waals surface area contributed by atoms with Crippen molar-refractivity contribution in [1.29, 1.82) is 0 Å². The lowest BCUT2D eigenvalue weighted by Crippen LogP contribution is -2.41. The Morgan fingerprint density at radius 1 is 1.44 bits per heavy atom. The summed E-state index contributed by atoms with van der Waals surface area (Å²) in [6.45, 7) is 0.548. The number of nitrogens with zero attached hydrogens (tertiary/aromatic N) is 2. The van der Waals surface area contributed by atoms with E-state index >= 15 is 0 Å². The van der Waals surface area contributed by atoms with Crippen LogP contribution >= 0.6 is 11.8 Å². The lowest BCUT2D eigenvalue weighted by molar-refractivity contribution is -0.147. The van der Waals surface area contributed by atoms with Crippen LogP contribution in [0.1, 0.15) is 12.8 Å². The SMILES string of the molecule is O=C(O)C1CCCN1C(=O)CSc1ccncc1. The number of aliphatic carboxylic acids is 1. The molecule has 0 bridgehead atoms. The Hall–Kier alpha value is -1.56. The van der Waals surface area contributed by atoms with Gasteiger partial charge in [0.2, 0.25) is 5.91 Å². The van der Waals surface area contributed by atoms with Crippen molar-refractivity contribution in [3.63, 3.8) is 0 Å². The second-order valence-corrected chi connectivity index (χ2v) is 5.10. The molecular weight excluding hydrogens is 252 g/mol. The Morgan fingerprint density at radius 3 is 2.83 bits per heavy atom. The number of amides is 1. The zero-order chi connectivity index (χ0) is 13.0. The maximum atomic E-state index is 12.0. The summed E-state index contributed by atoms with van der Waals surface area (Å²) in [6.07, 6.45) is 4.66. The van der Waals surface area contributed by atoms with Crippen molar-refractivity contribution < 1.29 is 14.7 Å². The first-order valence-electron chi connectivity index (χ1n) is 5.73. The predicted octanol–water partition coefficient (Wildman–Crippen LogP) is 1.25. The molecule has 0 aromatic carbocycles. The number of carbonyl (C=O) groups is 2. The molecule has 5 nitrogen and oxygen atoms in total. The summed E-state index contributed by atoms with van der Waals surface area (Å²) >= 11 is 1.40. The van der Waals surface area contributed by atoms with E-state index in [1.165, 1.54) is 16.7 Å². The van der Waals surface area contributed by atoms with E-state index in [1.807, 2.05) is 12.1 Å². The number of carbonyl (C=O) groups excluding carboxylic acids is 1. The van der Waals surface area contributed by atoms with Crippen LogP contribution in [0.5, 0.6) is 0 Å². The average molecular weight is 266 g/mol. The van der Waals surface area contributed by atoms with Crippen molar-refractivity contribution in [2.75, 3.05) is 12.3 Å². The van der Waals surface area contributed by atoms with Gasteiger partial charge in [-0.2, -0.15) is 0 Å². The van der Waals surface area contributed by atoms with Crippen LogP contribution in [0.15, 0.2) is 29.4 Å². The fourth-order valence-electron chi connectivity index (χ4n) is 1.98. The Bertz CT molecular complexity index is 438. The fourth-order valence-corrected chi connectivity index (χ4v) is 2.75. The summed E-state index contributed by atoms with van der Waals surface area (Å²) in [6, 6.07) is 3.02. The van der Waals surface area contributed by atoms with E-state index in [-0.39, 0.29) is 11.7 Å². The molecule has 1 N–H and O–H groups in total. The minimum Gasteiger partial charge on any atom is -0.480 e. The van der Waals surface area contributed by atoms with Crippen LogP contribution in [0.3, 0.4) is 0 Å². The first-order valence-corrected chi connectivity index (χ1v) is 6.72. The van der Waals surface area contributed by atoms with E-state index in [1.54, 1.807) is 12.4 Å². The molecule has 1 aliphatic heterocycles. The Labute approximate surface area is 109 Å².